The Morgan fingerprint density at radius 2 is 1.87 bits per heavy atom. The predicted octanol–water partition coefficient (Wildman–Crippen LogP) is 3.37. The number of thioether (sulfide) groups is 1. The maximum Gasteiger partial charge on any atom is 0.270 e. The van der Waals surface area contributed by atoms with Crippen LogP contribution in [0.25, 0.3) is 0 Å². The van der Waals surface area contributed by atoms with Crippen molar-refractivity contribution in [3.8, 4) is 0 Å². The highest BCUT2D eigenvalue weighted by Crippen LogP contribution is 2.21. The lowest BCUT2D eigenvalue weighted by Crippen LogP contribution is -2.20. The Labute approximate surface area is 182 Å². The number of rotatable bonds is 6. The van der Waals surface area contributed by atoms with E-state index in [4.69, 9.17) is 0 Å². The van der Waals surface area contributed by atoms with Gasteiger partial charge in [-0.15, -0.1) is 0 Å². The van der Waals surface area contributed by atoms with E-state index in [-0.39, 0.29) is 21.5 Å². The van der Waals surface area contributed by atoms with Gasteiger partial charge in [0.15, 0.2) is 10.1 Å². The number of aromatic amines is 1. The molecule has 30 heavy (non-hydrogen) atoms. The van der Waals surface area contributed by atoms with Gasteiger partial charge in [-0.25, -0.2) is 22.2 Å². The molecule has 0 saturated heterocycles. The smallest absolute Gasteiger partial charge is 0.270 e. The summed E-state index contributed by atoms with van der Waals surface area (Å²) in [6.45, 7) is 0. The van der Waals surface area contributed by atoms with E-state index < -0.39 is 37.8 Å². The molecule has 0 bridgehead atoms. The van der Waals surface area contributed by atoms with Crippen molar-refractivity contribution in [2.24, 2.45) is 0 Å². The van der Waals surface area contributed by atoms with Crippen LogP contribution in [0.1, 0.15) is 0 Å². The number of hydrogen-bond acceptors (Lipinski definition) is 6. The number of nitrogens with one attached hydrogen (secondary N) is 2. The van der Waals surface area contributed by atoms with Gasteiger partial charge < -0.3 is 10.3 Å². The minimum absolute atomic E-state index is 0.00961. The molecule has 0 unspecified atom stereocenters. The molecule has 2 aromatic carbocycles. The quantitative estimate of drug-likeness (QED) is 0.384. The summed E-state index contributed by atoms with van der Waals surface area (Å²) >= 11 is 3.99. The fraction of sp³-hybridized carbons (Fsp3) is 0.0556. The molecule has 7 nitrogen and oxygen atoms in total. The number of carbonyl (C=O) groups excluding carboxylic acids is 1. The van der Waals surface area contributed by atoms with Gasteiger partial charge in [-0.2, -0.15) is 0 Å². The molecule has 0 aliphatic carbocycles. The molecular weight excluding hydrogens is 504 g/mol. The number of hydrogen-bond donors (Lipinski definition) is 2. The Morgan fingerprint density at radius 1 is 1.17 bits per heavy atom. The fourth-order valence-corrected chi connectivity index (χ4v) is 4.42. The normalized spacial score (nSPS) is 11.3. The largest absolute Gasteiger partial charge is 0.323 e. The minimum Gasteiger partial charge on any atom is -0.323 e. The molecule has 0 radical (unpaired) electrons. The number of nitrogens with zero attached hydrogens (tertiary/aromatic N) is 1. The summed E-state index contributed by atoms with van der Waals surface area (Å²) in [5.74, 6) is -2.46. The van der Waals surface area contributed by atoms with Crippen LogP contribution < -0.4 is 10.9 Å². The van der Waals surface area contributed by atoms with Crippen LogP contribution in [0.3, 0.4) is 0 Å². The minimum atomic E-state index is -4.08. The van der Waals surface area contributed by atoms with Gasteiger partial charge in [-0.3, -0.25) is 9.59 Å². The second kappa shape index (κ2) is 9.06. The zero-order valence-corrected chi connectivity index (χ0v) is 18.1. The van der Waals surface area contributed by atoms with Crippen molar-refractivity contribution in [2.45, 2.75) is 14.9 Å². The van der Waals surface area contributed by atoms with Crippen LogP contribution in [0.15, 0.2) is 72.9 Å². The topological polar surface area (TPSA) is 109 Å². The summed E-state index contributed by atoms with van der Waals surface area (Å²) in [4.78, 5) is 29.7. The number of halogens is 3. The SMILES string of the molecule is O=C(CSc1ncc(S(=O)(=O)c2ccc(Br)cc2)c(=O)[nH]1)Nc1cc(F)ccc1F. The van der Waals surface area contributed by atoms with Crippen LogP contribution in [0.5, 0.6) is 0 Å². The molecule has 0 aliphatic rings. The number of anilines is 1. The average Bonchev–Trinajstić information content (AvgIpc) is 2.69. The highest BCUT2D eigenvalue weighted by molar-refractivity contribution is 9.10. The number of carbonyl (C=O) groups is 1. The first kappa shape index (κ1) is 22.1. The zero-order chi connectivity index (χ0) is 21.9. The Kier molecular flexibility index (Phi) is 6.68. The van der Waals surface area contributed by atoms with Crippen molar-refractivity contribution in [3.05, 3.63) is 75.1 Å². The lowest BCUT2D eigenvalue weighted by molar-refractivity contribution is -0.113. The van der Waals surface area contributed by atoms with Crippen LogP contribution in [-0.2, 0) is 14.6 Å². The van der Waals surface area contributed by atoms with E-state index in [2.05, 4.69) is 31.2 Å². The molecule has 0 fully saturated rings. The van der Waals surface area contributed by atoms with Gasteiger partial charge in [0.25, 0.3) is 5.56 Å². The van der Waals surface area contributed by atoms with Crippen molar-refractivity contribution in [1.82, 2.24) is 9.97 Å². The molecule has 1 aromatic heterocycles. The molecule has 3 rings (SSSR count). The Bertz CT molecular complexity index is 1270. The Balaban J connectivity index is 1.71. The standard InChI is InChI=1S/C18H12BrF2N3O4S2/c19-10-1-4-12(5-2-10)30(27,28)15-8-22-18(24-17(15)26)29-9-16(25)23-14-7-11(20)3-6-13(14)21/h1-8H,9H2,(H,23,25)(H,22,24,26). The molecule has 1 amide bonds. The molecule has 0 spiro atoms. The molecule has 3 aromatic rings. The Morgan fingerprint density at radius 3 is 2.53 bits per heavy atom. The lowest BCUT2D eigenvalue weighted by Gasteiger charge is -2.07. The fourth-order valence-electron chi connectivity index (χ4n) is 2.29. The maximum atomic E-state index is 13.6. The van der Waals surface area contributed by atoms with Crippen LogP contribution in [0, 0.1) is 11.6 Å². The van der Waals surface area contributed by atoms with E-state index in [9.17, 15) is 26.8 Å². The summed E-state index contributed by atoms with van der Waals surface area (Å²) in [7, 11) is -4.08. The molecule has 2 N–H and O–H groups in total. The number of aromatic nitrogens is 2. The zero-order valence-electron chi connectivity index (χ0n) is 14.9. The van der Waals surface area contributed by atoms with Crippen molar-refractivity contribution < 1.29 is 22.0 Å². The van der Waals surface area contributed by atoms with E-state index in [0.717, 1.165) is 36.2 Å². The van der Waals surface area contributed by atoms with Gasteiger partial charge in [0.05, 0.1) is 22.5 Å². The summed E-state index contributed by atoms with van der Waals surface area (Å²) in [6, 6.07) is 8.37. The van der Waals surface area contributed by atoms with Crippen molar-refractivity contribution in [1.29, 1.82) is 0 Å². The third-order valence-corrected chi connectivity index (χ3v) is 6.88. The van der Waals surface area contributed by atoms with Crippen molar-refractivity contribution >= 4 is 49.1 Å². The van der Waals surface area contributed by atoms with Gasteiger partial charge in [0, 0.05) is 10.5 Å². The second-order valence-corrected chi connectivity index (χ2v) is 9.60. The molecule has 156 valence electrons. The maximum absolute atomic E-state index is 13.6. The number of sulfone groups is 1. The van der Waals surface area contributed by atoms with Gasteiger partial charge in [0.1, 0.15) is 11.6 Å². The third-order valence-electron chi connectivity index (χ3n) is 3.70. The van der Waals surface area contributed by atoms with Crippen LogP contribution in [-0.4, -0.2) is 30.0 Å². The molecule has 0 saturated carbocycles. The summed E-state index contributed by atoms with van der Waals surface area (Å²) in [6.07, 6.45) is 0.905. The van der Waals surface area contributed by atoms with E-state index in [1.807, 2.05) is 0 Å². The molecule has 0 atom stereocenters. The second-order valence-electron chi connectivity index (χ2n) is 5.80. The highest BCUT2D eigenvalue weighted by Gasteiger charge is 2.22. The van der Waals surface area contributed by atoms with E-state index in [1.165, 1.54) is 24.3 Å². The lowest BCUT2D eigenvalue weighted by atomic mass is 10.3. The van der Waals surface area contributed by atoms with Gasteiger partial charge in [-0.05, 0) is 36.4 Å². The number of benzene rings is 2. The third kappa shape index (κ3) is 5.12. The first-order valence-electron chi connectivity index (χ1n) is 8.14. The van der Waals surface area contributed by atoms with Crippen LogP contribution >= 0.6 is 27.7 Å². The molecule has 0 aliphatic heterocycles. The van der Waals surface area contributed by atoms with Gasteiger partial charge in [-0.1, -0.05) is 27.7 Å². The summed E-state index contributed by atoms with van der Waals surface area (Å²) < 4.78 is 52.6. The average molecular weight is 516 g/mol. The van der Waals surface area contributed by atoms with Gasteiger partial charge >= 0.3 is 0 Å². The van der Waals surface area contributed by atoms with E-state index >= 15 is 0 Å². The highest BCUT2D eigenvalue weighted by atomic mass is 79.9. The molecular formula is C18H12BrF2N3O4S2. The first-order valence-corrected chi connectivity index (χ1v) is 11.4. The predicted molar refractivity (Wildman–Crippen MR) is 110 cm³/mol. The van der Waals surface area contributed by atoms with Crippen molar-refractivity contribution in [2.75, 3.05) is 11.1 Å². The Hall–Kier alpha value is -2.57. The van der Waals surface area contributed by atoms with E-state index in [0.29, 0.717) is 4.47 Å². The van der Waals surface area contributed by atoms with Gasteiger partial charge in [0.2, 0.25) is 15.7 Å². The monoisotopic (exact) mass is 515 g/mol. The first-order chi connectivity index (χ1) is 14.2. The number of H-pyrrole nitrogens is 1. The number of amides is 1. The van der Waals surface area contributed by atoms with E-state index in [1.54, 1.807) is 0 Å². The summed E-state index contributed by atoms with van der Waals surface area (Å²) in [5.41, 5.74) is -1.22. The summed E-state index contributed by atoms with van der Waals surface area (Å²) in [5, 5.41) is 2.19. The van der Waals surface area contributed by atoms with Crippen LogP contribution in [0.4, 0.5) is 14.5 Å². The molecule has 12 heteroatoms. The molecule has 1 heterocycles. The van der Waals surface area contributed by atoms with Crippen molar-refractivity contribution in [3.63, 3.8) is 0 Å². The van der Waals surface area contributed by atoms with Crippen LogP contribution in [0.2, 0.25) is 0 Å².